The molecule has 1 amide bonds. The van der Waals surface area contributed by atoms with Crippen LogP contribution in [0.4, 0.5) is 5.69 Å². The molecule has 0 saturated heterocycles. The third kappa shape index (κ3) is 4.92. The van der Waals surface area contributed by atoms with Crippen molar-refractivity contribution in [2.75, 3.05) is 39.8 Å². The van der Waals surface area contributed by atoms with E-state index in [1.807, 2.05) is 49.3 Å². The van der Waals surface area contributed by atoms with Crippen molar-refractivity contribution >= 4 is 11.6 Å². The zero-order valence-corrected chi connectivity index (χ0v) is 17.4. The second-order valence-corrected chi connectivity index (χ2v) is 6.66. The highest BCUT2D eigenvalue weighted by Crippen LogP contribution is 2.32. The van der Waals surface area contributed by atoms with Gasteiger partial charge in [0.25, 0.3) is 5.91 Å². The molecule has 0 spiro atoms. The molecule has 2 aromatic carbocycles. The first-order chi connectivity index (χ1) is 14.5. The molecular weight excluding hydrogens is 380 g/mol. The van der Waals surface area contributed by atoms with E-state index in [4.69, 9.17) is 9.47 Å². The number of aromatic nitrogens is 2. The first-order valence-electron chi connectivity index (χ1n) is 9.34. The summed E-state index contributed by atoms with van der Waals surface area (Å²) in [6.07, 6.45) is 0. The van der Waals surface area contributed by atoms with E-state index in [1.54, 1.807) is 32.4 Å². The number of benzene rings is 2. The van der Waals surface area contributed by atoms with Crippen LogP contribution in [0.1, 0.15) is 16.1 Å². The van der Waals surface area contributed by atoms with Gasteiger partial charge in [-0.3, -0.25) is 9.89 Å². The second kappa shape index (κ2) is 9.52. The lowest BCUT2D eigenvalue weighted by molar-refractivity contribution is 0.0953. The van der Waals surface area contributed by atoms with Crippen LogP contribution in [0.15, 0.2) is 48.5 Å². The van der Waals surface area contributed by atoms with Gasteiger partial charge in [0.05, 0.1) is 26.5 Å². The van der Waals surface area contributed by atoms with Crippen molar-refractivity contribution in [1.82, 2.24) is 15.5 Å². The predicted octanol–water partition coefficient (Wildman–Crippen LogP) is 2.94. The summed E-state index contributed by atoms with van der Waals surface area (Å²) in [5.41, 5.74) is 3.66. The largest absolute Gasteiger partial charge is 0.497 e. The molecular formula is C23H24N4O3. The van der Waals surface area contributed by atoms with E-state index in [1.165, 1.54) is 0 Å². The van der Waals surface area contributed by atoms with Crippen LogP contribution in [-0.4, -0.2) is 51.0 Å². The van der Waals surface area contributed by atoms with Crippen molar-refractivity contribution < 1.29 is 14.3 Å². The van der Waals surface area contributed by atoms with Gasteiger partial charge in [0.2, 0.25) is 0 Å². The van der Waals surface area contributed by atoms with Crippen molar-refractivity contribution in [3.63, 3.8) is 0 Å². The van der Waals surface area contributed by atoms with Gasteiger partial charge in [-0.15, -0.1) is 0 Å². The minimum atomic E-state index is -0.284. The predicted molar refractivity (Wildman–Crippen MR) is 117 cm³/mol. The van der Waals surface area contributed by atoms with E-state index < -0.39 is 0 Å². The molecule has 0 aliphatic carbocycles. The summed E-state index contributed by atoms with van der Waals surface area (Å²) in [7, 11) is 7.15. The Morgan fingerprint density at radius 1 is 1.10 bits per heavy atom. The number of H-pyrrole nitrogens is 1. The molecule has 2 N–H and O–H groups in total. The molecule has 0 unspecified atom stereocenters. The van der Waals surface area contributed by atoms with Gasteiger partial charge in [-0.05, 0) is 48.5 Å². The molecule has 0 aliphatic heterocycles. The summed E-state index contributed by atoms with van der Waals surface area (Å²) in [5.74, 6) is 7.02. The van der Waals surface area contributed by atoms with Crippen LogP contribution in [0.5, 0.6) is 11.5 Å². The molecule has 0 bridgehead atoms. The molecule has 7 heteroatoms. The number of carbonyl (C=O) groups is 1. The van der Waals surface area contributed by atoms with Crippen LogP contribution in [0.2, 0.25) is 0 Å². The van der Waals surface area contributed by atoms with Gasteiger partial charge >= 0.3 is 0 Å². The zero-order valence-electron chi connectivity index (χ0n) is 17.4. The molecule has 1 heterocycles. The van der Waals surface area contributed by atoms with Crippen LogP contribution in [0, 0.1) is 11.8 Å². The Labute approximate surface area is 176 Å². The van der Waals surface area contributed by atoms with Crippen LogP contribution in [-0.2, 0) is 0 Å². The number of nitrogens with zero attached hydrogens (tertiary/aromatic N) is 2. The van der Waals surface area contributed by atoms with Crippen LogP contribution in [0.25, 0.3) is 11.3 Å². The second-order valence-electron chi connectivity index (χ2n) is 6.66. The summed E-state index contributed by atoms with van der Waals surface area (Å²) in [4.78, 5) is 14.4. The highest BCUT2D eigenvalue weighted by molar-refractivity contribution is 5.93. The number of rotatable bonds is 6. The first kappa shape index (κ1) is 20.8. The molecule has 3 rings (SSSR count). The average Bonchev–Trinajstić information content (AvgIpc) is 3.26. The Hall–Kier alpha value is -3.92. The highest BCUT2D eigenvalue weighted by atomic mass is 16.5. The first-order valence-corrected chi connectivity index (χ1v) is 9.34. The molecule has 0 saturated carbocycles. The number of hydrogen-bond acceptors (Lipinski definition) is 5. The van der Waals surface area contributed by atoms with Gasteiger partial charge in [-0.25, -0.2) is 0 Å². The number of carbonyl (C=O) groups excluding carboxylic acids is 1. The standard InChI is InChI=1S/C23H24N4O3/c1-27(2)17-9-7-16(8-10-17)6-5-13-24-23(28)21-15-20(25-26-21)19-14-18(29-3)11-12-22(19)30-4/h7-12,14-15H,13H2,1-4H3,(H,24,28)(H,25,26). The molecule has 0 aliphatic rings. The van der Waals surface area contributed by atoms with E-state index in [0.29, 0.717) is 22.9 Å². The van der Waals surface area contributed by atoms with Gasteiger partial charge in [-0.2, -0.15) is 5.10 Å². The van der Waals surface area contributed by atoms with Crippen molar-refractivity contribution in [3.05, 3.63) is 59.8 Å². The fourth-order valence-electron chi connectivity index (χ4n) is 2.80. The Morgan fingerprint density at radius 3 is 2.53 bits per heavy atom. The maximum atomic E-state index is 12.4. The lowest BCUT2D eigenvalue weighted by atomic mass is 10.1. The molecule has 7 nitrogen and oxygen atoms in total. The van der Waals surface area contributed by atoms with Gasteiger partial charge in [0.15, 0.2) is 0 Å². The van der Waals surface area contributed by atoms with Crippen molar-refractivity contribution in [1.29, 1.82) is 0 Å². The maximum Gasteiger partial charge on any atom is 0.270 e. The quantitative estimate of drug-likeness (QED) is 0.618. The smallest absolute Gasteiger partial charge is 0.270 e. The number of amides is 1. The van der Waals surface area contributed by atoms with Crippen molar-refractivity contribution in [2.45, 2.75) is 0 Å². The monoisotopic (exact) mass is 404 g/mol. The zero-order chi connectivity index (χ0) is 21.5. The van der Waals surface area contributed by atoms with Crippen molar-refractivity contribution in [2.24, 2.45) is 0 Å². The summed E-state index contributed by atoms with van der Waals surface area (Å²) >= 11 is 0. The van der Waals surface area contributed by atoms with Crippen LogP contribution < -0.4 is 19.7 Å². The fraction of sp³-hybridized carbons (Fsp3) is 0.217. The van der Waals surface area contributed by atoms with Crippen molar-refractivity contribution in [3.8, 4) is 34.6 Å². The molecule has 30 heavy (non-hydrogen) atoms. The van der Waals surface area contributed by atoms with E-state index in [0.717, 1.165) is 16.8 Å². The van der Waals surface area contributed by atoms with E-state index in [2.05, 4.69) is 27.4 Å². The molecule has 0 radical (unpaired) electrons. The third-order valence-corrected chi connectivity index (χ3v) is 4.46. The number of nitrogens with one attached hydrogen (secondary N) is 2. The van der Waals surface area contributed by atoms with Crippen LogP contribution >= 0.6 is 0 Å². The fourth-order valence-corrected chi connectivity index (χ4v) is 2.80. The Kier molecular flexibility index (Phi) is 6.60. The molecule has 154 valence electrons. The SMILES string of the molecule is COc1ccc(OC)c(-c2cc(C(=O)NCC#Cc3ccc(N(C)C)cc3)[nH]n2)c1. The number of methoxy groups -OCH3 is 2. The lowest BCUT2D eigenvalue weighted by Gasteiger charge is -2.11. The van der Waals surface area contributed by atoms with E-state index in [9.17, 15) is 4.79 Å². The molecule has 3 aromatic rings. The number of ether oxygens (including phenoxy) is 2. The Balaban J connectivity index is 1.64. The number of aromatic amines is 1. The molecule has 0 atom stereocenters. The minimum absolute atomic E-state index is 0.227. The normalized spacial score (nSPS) is 10.0. The highest BCUT2D eigenvalue weighted by Gasteiger charge is 2.14. The summed E-state index contributed by atoms with van der Waals surface area (Å²) in [6, 6.07) is 15.0. The van der Waals surface area contributed by atoms with E-state index >= 15 is 0 Å². The average molecular weight is 404 g/mol. The topological polar surface area (TPSA) is 79.5 Å². The van der Waals surface area contributed by atoms with Gasteiger partial charge in [0.1, 0.15) is 17.2 Å². The van der Waals surface area contributed by atoms with E-state index in [-0.39, 0.29) is 12.5 Å². The number of anilines is 1. The van der Waals surface area contributed by atoms with Gasteiger partial charge in [-0.1, -0.05) is 11.8 Å². The van der Waals surface area contributed by atoms with Crippen LogP contribution in [0.3, 0.4) is 0 Å². The third-order valence-electron chi connectivity index (χ3n) is 4.46. The minimum Gasteiger partial charge on any atom is -0.497 e. The lowest BCUT2D eigenvalue weighted by Crippen LogP contribution is -2.23. The van der Waals surface area contributed by atoms with Gasteiger partial charge in [0, 0.05) is 30.9 Å². The maximum absolute atomic E-state index is 12.4. The summed E-state index contributed by atoms with van der Waals surface area (Å²) in [6.45, 7) is 0.227. The molecule has 1 aromatic heterocycles. The Bertz CT molecular complexity index is 1080. The molecule has 0 fully saturated rings. The summed E-state index contributed by atoms with van der Waals surface area (Å²) in [5, 5.41) is 9.75. The summed E-state index contributed by atoms with van der Waals surface area (Å²) < 4.78 is 10.6. The van der Waals surface area contributed by atoms with Gasteiger partial charge < -0.3 is 19.7 Å². The number of hydrogen-bond donors (Lipinski definition) is 2. The Morgan fingerprint density at radius 2 is 1.87 bits per heavy atom.